The molecule has 1 aromatic rings. The van der Waals surface area contributed by atoms with E-state index >= 15 is 0 Å². The van der Waals surface area contributed by atoms with Gasteiger partial charge in [0.05, 0.1) is 5.57 Å². The van der Waals surface area contributed by atoms with Gasteiger partial charge in [0.25, 0.3) is 5.91 Å². The minimum atomic E-state index is -0.851. The normalized spacial score (nSPS) is 11.6. The van der Waals surface area contributed by atoms with E-state index in [0.29, 0.717) is 5.82 Å². The number of aryl methyl sites for hydroxylation is 2. The van der Waals surface area contributed by atoms with E-state index in [2.05, 4.69) is 20.0 Å². The Hall–Kier alpha value is -3.19. The number of aliphatic hydroxyl groups is 1. The summed E-state index contributed by atoms with van der Waals surface area (Å²) >= 11 is 0. The summed E-state index contributed by atoms with van der Waals surface area (Å²) in [5, 5.41) is 14.6. The number of allylic oxidation sites excluding steroid dienone is 1. The standard InChI is InChI=1S/C14H16N6O3/c1-8-4-9(2)18-12(5-8)16-6-11(10(3)21)14(23)19-13(22)7-17-20-15/h4-6,21H,7H2,1-3H3,(H,19,22,23)/b11-10+,16-6+. The third-order valence-electron chi connectivity index (χ3n) is 2.58. The van der Waals surface area contributed by atoms with Gasteiger partial charge in [-0.05, 0) is 44.0 Å². The van der Waals surface area contributed by atoms with Crippen LogP contribution in [0.25, 0.3) is 10.4 Å². The minimum Gasteiger partial charge on any atom is -0.512 e. The van der Waals surface area contributed by atoms with E-state index in [9.17, 15) is 14.7 Å². The van der Waals surface area contributed by atoms with Crippen LogP contribution in [0.2, 0.25) is 0 Å². The highest BCUT2D eigenvalue weighted by Gasteiger charge is 2.14. The Bertz CT molecular complexity index is 708. The van der Waals surface area contributed by atoms with E-state index in [1.165, 1.54) is 6.92 Å². The predicted molar refractivity (Wildman–Crippen MR) is 84.4 cm³/mol. The number of hydrogen-bond donors (Lipinski definition) is 2. The molecule has 0 spiro atoms. The molecule has 120 valence electrons. The number of carbonyl (C=O) groups excluding carboxylic acids is 2. The molecule has 0 saturated carbocycles. The molecule has 1 rings (SSSR count). The maximum absolute atomic E-state index is 11.9. The Morgan fingerprint density at radius 1 is 1.43 bits per heavy atom. The summed E-state index contributed by atoms with van der Waals surface area (Å²) in [6.07, 6.45) is 1.12. The van der Waals surface area contributed by atoms with Crippen molar-refractivity contribution in [3.63, 3.8) is 0 Å². The number of aliphatic hydroxyl groups excluding tert-OH is 1. The van der Waals surface area contributed by atoms with Crippen LogP contribution in [0.1, 0.15) is 18.2 Å². The first-order valence-electron chi connectivity index (χ1n) is 6.57. The van der Waals surface area contributed by atoms with E-state index in [1.807, 2.05) is 18.3 Å². The minimum absolute atomic E-state index is 0.194. The van der Waals surface area contributed by atoms with Crippen molar-refractivity contribution in [3.05, 3.63) is 45.2 Å². The number of azide groups is 1. The summed E-state index contributed by atoms with van der Waals surface area (Å²) < 4.78 is 0. The molecule has 0 saturated heterocycles. The molecule has 0 aliphatic rings. The Morgan fingerprint density at radius 3 is 2.70 bits per heavy atom. The molecule has 2 amide bonds. The van der Waals surface area contributed by atoms with Gasteiger partial charge in [-0.3, -0.25) is 14.9 Å². The maximum Gasteiger partial charge on any atom is 0.262 e. The van der Waals surface area contributed by atoms with Crippen LogP contribution in [0.3, 0.4) is 0 Å². The lowest BCUT2D eigenvalue weighted by molar-refractivity contribution is -0.127. The average molecular weight is 316 g/mol. The predicted octanol–water partition coefficient (Wildman–Crippen LogP) is 2.19. The van der Waals surface area contributed by atoms with Crippen LogP contribution in [-0.4, -0.2) is 34.7 Å². The van der Waals surface area contributed by atoms with Crippen LogP contribution in [0.5, 0.6) is 0 Å². The summed E-state index contributed by atoms with van der Waals surface area (Å²) in [6.45, 7) is 4.45. The van der Waals surface area contributed by atoms with Crippen LogP contribution >= 0.6 is 0 Å². The van der Waals surface area contributed by atoms with Crippen molar-refractivity contribution >= 4 is 23.8 Å². The second-order valence-electron chi connectivity index (χ2n) is 4.67. The van der Waals surface area contributed by atoms with E-state index in [-0.39, 0.29) is 11.3 Å². The molecule has 23 heavy (non-hydrogen) atoms. The number of aromatic nitrogens is 1. The SMILES string of the molecule is C/C(O)=C(/C=N/c1cc(C)cc(C)n1)C(=O)NC(=O)CN=[N+]=[N-]. The molecule has 0 radical (unpaired) electrons. The molecule has 1 aromatic heterocycles. The molecule has 0 atom stereocenters. The van der Waals surface area contributed by atoms with E-state index in [0.717, 1.165) is 17.5 Å². The highest BCUT2D eigenvalue weighted by molar-refractivity contribution is 6.17. The molecule has 0 unspecified atom stereocenters. The van der Waals surface area contributed by atoms with E-state index < -0.39 is 18.4 Å². The summed E-state index contributed by atoms with van der Waals surface area (Å²) in [7, 11) is 0. The lowest BCUT2D eigenvalue weighted by Crippen LogP contribution is -2.34. The molecule has 0 aliphatic heterocycles. The number of amides is 2. The van der Waals surface area contributed by atoms with Gasteiger partial charge in [-0.2, -0.15) is 0 Å². The fourth-order valence-corrected chi connectivity index (χ4v) is 1.66. The second kappa shape index (κ2) is 8.30. The first kappa shape index (κ1) is 17.9. The molecule has 0 fully saturated rings. The third kappa shape index (κ3) is 5.98. The summed E-state index contributed by atoms with van der Waals surface area (Å²) in [5.41, 5.74) is 9.63. The highest BCUT2D eigenvalue weighted by Crippen LogP contribution is 2.12. The molecule has 9 heteroatoms. The van der Waals surface area contributed by atoms with Gasteiger partial charge in [-0.15, -0.1) is 0 Å². The zero-order valence-electron chi connectivity index (χ0n) is 12.9. The third-order valence-corrected chi connectivity index (χ3v) is 2.58. The molecule has 0 aliphatic carbocycles. The van der Waals surface area contributed by atoms with Gasteiger partial charge in [0.1, 0.15) is 12.3 Å². The number of rotatable bonds is 5. The monoisotopic (exact) mass is 316 g/mol. The van der Waals surface area contributed by atoms with Crippen LogP contribution < -0.4 is 5.32 Å². The van der Waals surface area contributed by atoms with Crippen molar-refractivity contribution in [3.8, 4) is 0 Å². The van der Waals surface area contributed by atoms with E-state index in [4.69, 9.17) is 5.53 Å². The molecule has 0 aromatic carbocycles. The number of carbonyl (C=O) groups is 2. The van der Waals surface area contributed by atoms with Gasteiger partial charge in [0, 0.05) is 16.8 Å². The molecule has 9 nitrogen and oxygen atoms in total. The number of hydrogen-bond acceptors (Lipinski definition) is 6. The van der Waals surface area contributed by atoms with Gasteiger partial charge in [-0.25, -0.2) is 9.98 Å². The zero-order chi connectivity index (χ0) is 17.4. The Morgan fingerprint density at radius 2 is 2.13 bits per heavy atom. The van der Waals surface area contributed by atoms with Crippen LogP contribution in [0.4, 0.5) is 5.82 Å². The highest BCUT2D eigenvalue weighted by atomic mass is 16.3. The quantitative estimate of drug-likeness (QED) is 0.214. The van der Waals surface area contributed by atoms with Crippen molar-refractivity contribution < 1.29 is 14.7 Å². The topological polar surface area (TPSA) is 140 Å². The van der Waals surface area contributed by atoms with Crippen LogP contribution in [-0.2, 0) is 9.59 Å². The number of nitrogens with zero attached hydrogens (tertiary/aromatic N) is 5. The molecule has 0 bridgehead atoms. The fraction of sp³-hybridized carbons (Fsp3) is 0.286. The number of imide groups is 1. The number of pyridine rings is 1. The van der Waals surface area contributed by atoms with Gasteiger partial charge >= 0.3 is 0 Å². The lowest BCUT2D eigenvalue weighted by Gasteiger charge is -2.04. The molecule has 1 heterocycles. The van der Waals surface area contributed by atoms with Gasteiger partial charge in [0.2, 0.25) is 5.91 Å². The van der Waals surface area contributed by atoms with Crippen molar-refractivity contribution in [2.24, 2.45) is 10.1 Å². The first-order chi connectivity index (χ1) is 10.8. The molecule has 2 N–H and O–H groups in total. The van der Waals surface area contributed by atoms with Gasteiger partial charge in [-0.1, -0.05) is 5.11 Å². The van der Waals surface area contributed by atoms with Gasteiger partial charge < -0.3 is 5.11 Å². The van der Waals surface area contributed by atoms with Crippen LogP contribution in [0, 0.1) is 13.8 Å². The summed E-state index contributed by atoms with van der Waals surface area (Å²) in [4.78, 5) is 33.9. The molecular weight excluding hydrogens is 300 g/mol. The smallest absolute Gasteiger partial charge is 0.262 e. The Labute approximate surface area is 132 Å². The van der Waals surface area contributed by atoms with Crippen molar-refractivity contribution in [1.82, 2.24) is 10.3 Å². The van der Waals surface area contributed by atoms with Gasteiger partial charge in [0.15, 0.2) is 5.82 Å². The summed E-state index contributed by atoms with van der Waals surface area (Å²) in [6, 6.07) is 3.58. The first-order valence-corrected chi connectivity index (χ1v) is 6.57. The fourth-order valence-electron chi connectivity index (χ4n) is 1.66. The number of aliphatic imine (C=N–C) groups is 1. The van der Waals surface area contributed by atoms with Crippen LogP contribution in [0.15, 0.2) is 33.6 Å². The Balaban J connectivity index is 2.93. The summed E-state index contributed by atoms with van der Waals surface area (Å²) in [5.74, 6) is -1.58. The second-order valence-corrected chi connectivity index (χ2v) is 4.67. The van der Waals surface area contributed by atoms with E-state index in [1.54, 1.807) is 13.0 Å². The molecular formula is C14H16N6O3. The zero-order valence-corrected chi connectivity index (χ0v) is 12.9. The van der Waals surface area contributed by atoms with Crippen molar-refractivity contribution in [1.29, 1.82) is 0 Å². The van der Waals surface area contributed by atoms with Crippen molar-refractivity contribution in [2.75, 3.05) is 6.54 Å². The maximum atomic E-state index is 11.9. The Kier molecular flexibility index (Phi) is 6.45. The lowest BCUT2D eigenvalue weighted by atomic mass is 10.2. The largest absolute Gasteiger partial charge is 0.512 e. The average Bonchev–Trinajstić information content (AvgIpc) is 2.43. The number of nitrogens with one attached hydrogen (secondary N) is 1. The van der Waals surface area contributed by atoms with Crippen molar-refractivity contribution in [2.45, 2.75) is 20.8 Å².